The van der Waals surface area contributed by atoms with Crippen molar-refractivity contribution in [2.75, 3.05) is 45.8 Å². The fourth-order valence-electron chi connectivity index (χ4n) is 2.51. The Hall–Kier alpha value is -0.650. The smallest absolute Gasteiger partial charge is 0.221 e. The quantitative estimate of drug-likeness (QED) is 0.666. The maximum absolute atomic E-state index is 11.6. The summed E-state index contributed by atoms with van der Waals surface area (Å²) in [6.07, 6.45) is 1.73. The molecule has 106 valence electrons. The summed E-state index contributed by atoms with van der Waals surface area (Å²) in [6.45, 7) is 10.8. The third kappa shape index (κ3) is 4.92. The maximum Gasteiger partial charge on any atom is 0.221 e. The van der Waals surface area contributed by atoms with Crippen molar-refractivity contribution in [1.29, 1.82) is 0 Å². The van der Waals surface area contributed by atoms with Crippen LogP contribution in [0, 0.1) is 0 Å². The number of carbonyl (C=O) groups is 1. The van der Waals surface area contributed by atoms with Gasteiger partial charge in [-0.2, -0.15) is 0 Å². The third-order valence-corrected chi connectivity index (χ3v) is 3.53. The minimum absolute atomic E-state index is 0.115. The van der Waals surface area contributed by atoms with Gasteiger partial charge in [0.15, 0.2) is 0 Å². The second-order valence-electron chi connectivity index (χ2n) is 4.92. The number of nitrogens with one attached hydrogen (secondary N) is 1. The summed E-state index contributed by atoms with van der Waals surface area (Å²) in [5, 5.41) is 2.85. The number of amides is 1. The lowest BCUT2D eigenvalue weighted by molar-refractivity contribution is -0.122. The Kier molecular flexibility index (Phi) is 7.23. The largest absolute Gasteiger partial charge is 0.356 e. The normalized spacial score (nSPS) is 19.7. The minimum Gasteiger partial charge on any atom is -0.356 e. The number of hydrogen-bond donors (Lipinski definition) is 2. The number of piperazine rings is 1. The van der Waals surface area contributed by atoms with Crippen LogP contribution in [0.1, 0.15) is 26.7 Å². The average molecular weight is 256 g/mol. The van der Waals surface area contributed by atoms with E-state index in [1.165, 1.54) is 13.0 Å². The summed E-state index contributed by atoms with van der Waals surface area (Å²) in [5.74, 6) is 0.115. The van der Waals surface area contributed by atoms with Crippen molar-refractivity contribution in [3.8, 4) is 0 Å². The van der Waals surface area contributed by atoms with Gasteiger partial charge < -0.3 is 16.0 Å². The number of carbonyl (C=O) groups excluding carboxylic acids is 1. The van der Waals surface area contributed by atoms with Crippen LogP contribution >= 0.6 is 0 Å². The highest BCUT2D eigenvalue weighted by molar-refractivity contribution is 5.76. The van der Waals surface area contributed by atoms with Gasteiger partial charge in [-0.15, -0.1) is 0 Å². The van der Waals surface area contributed by atoms with Crippen LogP contribution in [0.5, 0.6) is 0 Å². The van der Waals surface area contributed by atoms with Crippen LogP contribution in [-0.2, 0) is 4.79 Å². The molecular formula is C13H28N4O. The topological polar surface area (TPSA) is 61.6 Å². The first kappa shape index (κ1) is 15.4. The Morgan fingerprint density at radius 3 is 2.44 bits per heavy atom. The molecule has 0 aromatic heterocycles. The van der Waals surface area contributed by atoms with Crippen molar-refractivity contribution in [3.05, 3.63) is 0 Å². The van der Waals surface area contributed by atoms with Gasteiger partial charge in [-0.3, -0.25) is 9.69 Å². The lowest BCUT2D eigenvalue weighted by atomic mass is 10.1. The van der Waals surface area contributed by atoms with Gasteiger partial charge in [0.25, 0.3) is 0 Å². The fraction of sp³-hybridized carbons (Fsp3) is 0.923. The molecule has 0 aliphatic carbocycles. The van der Waals surface area contributed by atoms with Gasteiger partial charge in [0.05, 0.1) is 0 Å². The molecule has 0 saturated carbocycles. The number of rotatable bonds is 7. The van der Waals surface area contributed by atoms with Crippen LogP contribution in [0.3, 0.4) is 0 Å². The first-order valence-corrected chi connectivity index (χ1v) is 7.14. The monoisotopic (exact) mass is 256 g/mol. The van der Waals surface area contributed by atoms with Crippen molar-refractivity contribution < 1.29 is 4.79 Å². The zero-order valence-corrected chi connectivity index (χ0v) is 11.8. The SMILES string of the molecule is CCCN1CCN(C(CN)CC(=O)NCC)CC1. The van der Waals surface area contributed by atoms with E-state index in [2.05, 4.69) is 22.0 Å². The molecule has 1 saturated heterocycles. The van der Waals surface area contributed by atoms with Gasteiger partial charge in [-0.1, -0.05) is 6.92 Å². The van der Waals surface area contributed by atoms with Crippen molar-refractivity contribution in [1.82, 2.24) is 15.1 Å². The molecule has 0 bridgehead atoms. The summed E-state index contributed by atoms with van der Waals surface area (Å²) in [4.78, 5) is 16.5. The predicted octanol–water partition coefficient (Wildman–Crippen LogP) is -0.132. The summed E-state index contributed by atoms with van der Waals surface area (Å²) in [7, 11) is 0. The molecule has 1 aliphatic rings. The van der Waals surface area contributed by atoms with Crippen LogP contribution in [0.4, 0.5) is 0 Å². The molecule has 1 atom stereocenters. The predicted molar refractivity (Wildman–Crippen MR) is 74.4 cm³/mol. The van der Waals surface area contributed by atoms with E-state index in [0.717, 1.165) is 26.2 Å². The van der Waals surface area contributed by atoms with E-state index in [-0.39, 0.29) is 11.9 Å². The fourth-order valence-corrected chi connectivity index (χ4v) is 2.51. The first-order chi connectivity index (χ1) is 8.71. The molecule has 1 amide bonds. The molecule has 18 heavy (non-hydrogen) atoms. The highest BCUT2D eigenvalue weighted by Gasteiger charge is 2.24. The molecule has 0 radical (unpaired) electrons. The van der Waals surface area contributed by atoms with Crippen LogP contribution in [0.25, 0.3) is 0 Å². The molecule has 3 N–H and O–H groups in total. The van der Waals surface area contributed by atoms with Crippen LogP contribution in [0.2, 0.25) is 0 Å². The Labute approximate surface area is 111 Å². The molecule has 1 unspecified atom stereocenters. The molecule has 0 aromatic rings. The Bertz CT molecular complexity index is 239. The van der Waals surface area contributed by atoms with Crippen molar-refractivity contribution in [2.24, 2.45) is 5.73 Å². The zero-order chi connectivity index (χ0) is 13.4. The van der Waals surface area contributed by atoms with Crippen molar-refractivity contribution >= 4 is 5.91 Å². The molecule has 1 aliphatic heterocycles. The van der Waals surface area contributed by atoms with Crippen LogP contribution in [-0.4, -0.2) is 67.6 Å². The van der Waals surface area contributed by atoms with Gasteiger partial charge >= 0.3 is 0 Å². The summed E-state index contributed by atoms with van der Waals surface area (Å²) in [6, 6.07) is 0.195. The van der Waals surface area contributed by atoms with E-state index in [0.29, 0.717) is 19.5 Å². The van der Waals surface area contributed by atoms with Gasteiger partial charge in [-0.05, 0) is 19.9 Å². The van der Waals surface area contributed by atoms with E-state index < -0.39 is 0 Å². The molecule has 1 rings (SSSR count). The van der Waals surface area contributed by atoms with Crippen LogP contribution < -0.4 is 11.1 Å². The number of nitrogens with two attached hydrogens (primary N) is 1. The van der Waals surface area contributed by atoms with Crippen molar-refractivity contribution in [3.63, 3.8) is 0 Å². The van der Waals surface area contributed by atoms with E-state index in [4.69, 9.17) is 5.73 Å². The van der Waals surface area contributed by atoms with Gasteiger partial charge in [0.2, 0.25) is 5.91 Å². The molecule has 1 fully saturated rings. The summed E-state index contributed by atoms with van der Waals surface area (Å²) in [5.41, 5.74) is 5.81. The molecule has 1 heterocycles. The van der Waals surface area contributed by atoms with Gasteiger partial charge in [0.1, 0.15) is 0 Å². The zero-order valence-electron chi connectivity index (χ0n) is 11.8. The molecule has 5 heteroatoms. The summed E-state index contributed by atoms with van der Waals surface area (Å²) < 4.78 is 0. The second kappa shape index (κ2) is 8.45. The third-order valence-electron chi connectivity index (χ3n) is 3.53. The molecule has 0 spiro atoms. The van der Waals surface area contributed by atoms with Gasteiger partial charge in [0, 0.05) is 51.7 Å². The second-order valence-corrected chi connectivity index (χ2v) is 4.92. The lowest BCUT2D eigenvalue weighted by Crippen LogP contribution is -2.53. The highest BCUT2D eigenvalue weighted by Crippen LogP contribution is 2.09. The van der Waals surface area contributed by atoms with Gasteiger partial charge in [-0.25, -0.2) is 0 Å². The van der Waals surface area contributed by atoms with Crippen molar-refractivity contribution in [2.45, 2.75) is 32.7 Å². The average Bonchev–Trinajstić information content (AvgIpc) is 2.38. The van der Waals surface area contributed by atoms with E-state index >= 15 is 0 Å². The van der Waals surface area contributed by atoms with Crippen LogP contribution in [0.15, 0.2) is 0 Å². The first-order valence-electron chi connectivity index (χ1n) is 7.14. The van der Waals surface area contributed by atoms with E-state index in [9.17, 15) is 4.79 Å². The lowest BCUT2D eigenvalue weighted by Gasteiger charge is -2.38. The maximum atomic E-state index is 11.6. The number of hydrogen-bond acceptors (Lipinski definition) is 4. The molecule has 0 aromatic carbocycles. The molecule has 5 nitrogen and oxygen atoms in total. The Balaban J connectivity index is 2.35. The van der Waals surface area contributed by atoms with E-state index in [1.54, 1.807) is 0 Å². The standard InChI is InChI=1S/C13H28N4O/c1-3-5-16-6-8-17(9-7-16)12(11-14)10-13(18)15-4-2/h12H,3-11,14H2,1-2H3,(H,15,18). The van der Waals surface area contributed by atoms with E-state index in [1.807, 2.05) is 6.92 Å². The summed E-state index contributed by atoms with van der Waals surface area (Å²) >= 11 is 0. The molecular weight excluding hydrogens is 228 g/mol. The Morgan fingerprint density at radius 1 is 1.28 bits per heavy atom. The Morgan fingerprint density at radius 2 is 1.94 bits per heavy atom. The minimum atomic E-state index is 0.115. The highest BCUT2D eigenvalue weighted by atomic mass is 16.1. The number of nitrogens with zero attached hydrogens (tertiary/aromatic N) is 2.